The van der Waals surface area contributed by atoms with Crippen LogP contribution in [0.1, 0.15) is 99.9 Å². The van der Waals surface area contributed by atoms with E-state index in [-0.39, 0.29) is 41.1 Å². The maximum Gasteiger partial charge on any atom is 0.346 e. The Morgan fingerprint density at radius 3 is 1.68 bits per heavy atom. The van der Waals surface area contributed by atoms with Gasteiger partial charge in [0.2, 0.25) is 5.91 Å². The third kappa shape index (κ3) is 12.1. The van der Waals surface area contributed by atoms with E-state index in [2.05, 4.69) is 21.0 Å². The van der Waals surface area contributed by atoms with Gasteiger partial charge >= 0.3 is 12.1 Å². The Morgan fingerprint density at radius 1 is 0.652 bits per heavy atom. The fraction of sp³-hybridized carbons (Fsp3) is 0.340. The van der Waals surface area contributed by atoms with E-state index in [1.165, 1.54) is 23.5 Å². The summed E-state index contributed by atoms with van der Waals surface area (Å²) in [5, 5.41) is 18.5. The molecule has 19 heteroatoms. The molecule has 4 aromatic carbocycles. The molecule has 0 aliphatic heterocycles. The molecule has 6 aromatic rings. The van der Waals surface area contributed by atoms with Gasteiger partial charge in [-0.25, -0.2) is 47.4 Å². The van der Waals surface area contributed by atoms with Crippen LogP contribution in [-0.4, -0.2) is 38.6 Å². The van der Waals surface area contributed by atoms with Gasteiger partial charge in [-0.05, 0) is 131 Å². The third-order valence-corrected chi connectivity index (χ3v) is 15.0. The lowest BCUT2D eigenvalue weighted by atomic mass is 9.78. The number of carbonyl (C=O) groups excluding carboxylic acids is 3. The van der Waals surface area contributed by atoms with Crippen molar-refractivity contribution in [2.75, 3.05) is 20.7 Å². The van der Waals surface area contributed by atoms with Gasteiger partial charge in [0.15, 0.2) is 11.6 Å². The van der Waals surface area contributed by atoms with E-state index in [9.17, 15) is 28.3 Å². The van der Waals surface area contributed by atoms with Gasteiger partial charge in [0.25, 0.3) is 0 Å². The Morgan fingerprint density at radius 2 is 1.14 bits per heavy atom. The summed E-state index contributed by atoms with van der Waals surface area (Å²) >= 11 is 3.06. The van der Waals surface area contributed by atoms with Crippen molar-refractivity contribution < 1.29 is 41.4 Å². The molecule has 362 valence electrons. The van der Waals surface area contributed by atoms with E-state index in [0.717, 1.165) is 95.3 Å². The monoisotopic (exact) mass is 986 g/mol. The van der Waals surface area contributed by atoms with Crippen LogP contribution in [0.25, 0.3) is 20.9 Å². The summed E-state index contributed by atoms with van der Waals surface area (Å²) in [5.41, 5.74) is 1.93. The number of nitrogens with one attached hydrogen (secondary N) is 3. The number of benzene rings is 4. The van der Waals surface area contributed by atoms with Crippen LogP contribution in [0.5, 0.6) is 0 Å². The number of amides is 5. The number of aliphatic hydroxyl groups is 1. The average Bonchev–Trinajstić information content (AvgIpc) is 4.02. The predicted octanol–water partition coefficient (Wildman–Crippen LogP) is 12.4. The number of halogens is 5. The highest BCUT2D eigenvalue weighted by Gasteiger charge is 2.33. The second-order valence-corrected chi connectivity index (χ2v) is 20.5. The molecule has 0 bridgehead atoms. The van der Waals surface area contributed by atoms with Gasteiger partial charge in [-0.15, -0.1) is 22.7 Å². The molecule has 0 saturated heterocycles. The third-order valence-electron chi connectivity index (χ3n) is 12.6. The molecular formula is C50H51F5N8O4S2. The van der Waals surface area contributed by atoms with Gasteiger partial charge < -0.3 is 15.7 Å². The zero-order valence-corrected chi connectivity index (χ0v) is 39.4. The largest absolute Gasteiger partial charge is 0.390 e. The number of hydrazine groups is 2. The summed E-state index contributed by atoms with van der Waals surface area (Å²) in [6.07, 6.45) is 12.0. The smallest absolute Gasteiger partial charge is 0.346 e. The number of nitrogens with two attached hydrogens (primary N) is 1. The Balaban J connectivity index is 1.06. The maximum atomic E-state index is 15.0. The van der Waals surface area contributed by atoms with Gasteiger partial charge in [-0.3, -0.25) is 10.2 Å². The highest BCUT2D eigenvalue weighted by Crippen LogP contribution is 2.43. The average molecular weight is 987 g/mol. The molecule has 0 atom stereocenters. The SMILES string of the molecule is CC(C)(O)CC1CCC(c2ncc(-c3ccc(N(C(=O)Nc4cc(F)c(F)cc4F)N(C(=O)Nc4ccc(-c5cnc(C6CCC(CC(=O)NN)CC6)s5)cc4)c4cc(F)cc(F)c4)cc3)s2)CC1. The molecule has 2 aliphatic rings. The molecule has 6 N–H and O–H groups in total. The molecule has 0 unspecified atom stereocenters. The Hall–Kier alpha value is -6.28. The second kappa shape index (κ2) is 21.2. The number of anilines is 4. The van der Waals surface area contributed by atoms with Crippen LogP contribution in [0.3, 0.4) is 0 Å². The normalized spacial score (nSPS) is 18.3. The number of hydrogen-bond donors (Lipinski definition) is 5. The Labute approximate surface area is 403 Å². The van der Waals surface area contributed by atoms with Gasteiger partial charge in [-0.1, -0.05) is 24.3 Å². The van der Waals surface area contributed by atoms with Crippen molar-refractivity contribution in [3.05, 3.63) is 130 Å². The van der Waals surface area contributed by atoms with Gasteiger partial charge in [0, 0.05) is 54.5 Å². The van der Waals surface area contributed by atoms with Crippen molar-refractivity contribution in [2.45, 2.75) is 95.5 Å². The predicted molar refractivity (Wildman–Crippen MR) is 258 cm³/mol. The molecule has 8 rings (SSSR count). The molecule has 0 spiro atoms. The highest BCUT2D eigenvalue weighted by atomic mass is 32.1. The summed E-state index contributed by atoms with van der Waals surface area (Å²) in [6, 6.07) is 13.5. The number of rotatable bonds is 12. The summed E-state index contributed by atoms with van der Waals surface area (Å²) < 4.78 is 73.4. The molecule has 2 heterocycles. The molecule has 2 aliphatic carbocycles. The molecular weight excluding hydrogens is 936 g/mol. The van der Waals surface area contributed by atoms with Crippen molar-refractivity contribution in [3.63, 3.8) is 0 Å². The van der Waals surface area contributed by atoms with E-state index >= 15 is 13.2 Å². The maximum absolute atomic E-state index is 15.0. The minimum atomic E-state index is -1.50. The van der Waals surface area contributed by atoms with Gasteiger partial charge in [0.1, 0.15) is 17.5 Å². The summed E-state index contributed by atoms with van der Waals surface area (Å²) in [6.45, 7) is 3.65. The molecule has 2 aromatic heterocycles. The minimum absolute atomic E-state index is 0.0418. The molecule has 12 nitrogen and oxygen atoms in total. The molecule has 0 radical (unpaired) electrons. The lowest BCUT2D eigenvalue weighted by Crippen LogP contribution is -2.54. The van der Waals surface area contributed by atoms with E-state index in [4.69, 9.17) is 10.8 Å². The zero-order valence-electron chi connectivity index (χ0n) is 37.8. The van der Waals surface area contributed by atoms with Gasteiger partial charge in [-0.2, -0.15) is 10.0 Å². The van der Waals surface area contributed by atoms with Crippen LogP contribution in [0.4, 0.5) is 54.3 Å². The number of carbonyl (C=O) groups is 3. The first-order valence-electron chi connectivity index (χ1n) is 22.7. The lowest BCUT2D eigenvalue weighted by molar-refractivity contribution is -0.122. The number of aromatic nitrogens is 2. The first-order chi connectivity index (χ1) is 33.0. The quantitative estimate of drug-likeness (QED) is 0.0268. The molecule has 2 fully saturated rings. The molecule has 5 amide bonds. The van der Waals surface area contributed by atoms with Crippen molar-refractivity contribution in [1.82, 2.24) is 15.4 Å². The van der Waals surface area contributed by atoms with E-state index < -0.39 is 58.1 Å². The van der Waals surface area contributed by atoms with Crippen LogP contribution < -0.4 is 31.9 Å². The summed E-state index contributed by atoms with van der Waals surface area (Å²) in [5.74, 6) is -0.170. The zero-order chi connectivity index (χ0) is 49.0. The summed E-state index contributed by atoms with van der Waals surface area (Å²) in [7, 11) is 0. The molecule has 2 saturated carbocycles. The number of hydrogen-bond acceptors (Lipinski definition) is 9. The first-order valence-corrected chi connectivity index (χ1v) is 24.3. The van der Waals surface area contributed by atoms with Crippen molar-refractivity contribution in [2.24, 2.45) is 17.7 Å². The molecule has 69 heavy (non-hydrogen) atoms. The van der Waals surface area contributed by atoms with Crippen LogP contribution >= 0.6 is 22.7 Å². The standard InChI is InChI=1S/C50H51F5N8O4S2/c1-50(2,67)25-29-5-9-33(10-6-29)47-58-27-44(69-47)31-13-17-37(18-14-31)62(49(66)60-42-24-40(54)39(53)23-41(42)55)63(38-21-34(51)20-35(52)22-38)48(65)59-36-15-11-30(12-16-36)43-26-57-46(68-43)32-7-3-28(4-8-32)19-45(64)61-56/h11-18,20-24,26-29,32-33,67H,3-10,19,25,56H2,1-2H3,(H,59,65)(H,60,66)(H,61,64). The fourth-order valence-electron chi connectivity index (χ4n) is 9.23. The summed E-state index contributed by atoms with van der Waals surface area (Å²) in [4.78, 5) is 51.8. The van der Waals surface area contributed by atoms with Crippen LogP contribution in [0.2, 0.25) is 0 Å². The highest BCUT2D eigenvalue weighted by molar-refractivity contribution is 7.15. The van der Waals surface area contributed by atoms with Crippen molar-refractivity contribution >= 4 is 63.4 Å². The van der Waals surface area contributed by atoms with E-state index in [1.54, 1.807) is 60.1 Å². The van der Waals surface area contributed by atoms with Crippen LogP contribution in [-0.2, 0) is 4.79 Å². The first kappa shape index (κ1) is 49.2. The Kier molecular flexibility index (Phi) is 15.1. The minimum Gasteiger partial charge on any atom is -0.390 e. The Bertz CT molecular complexity index is 2770. The van der Waals surface area contributed by atoms with Crippen LogP contribution in [0, 0.1) is 40.9 Å². The fourth-order valence-corrected chi connectivity index (χ4v) is 11.4. The lowest BCUT2D eigenvalue weighted by Gasteiger charge is -2.35. The van der Waals surface area contributed by atoms with Crippen molar-refractivity contribution in [1.29, 1.82) is 0 Å². The number of nitrogens with zero attached hydrogens (tertiary/aromatic N) is 4. The topological polar surface area (TPSA) is 166 Å². The number of thiazole rings is 2. The van der Waals surface area contributed by atoms with E-state index in [0.29, 0.717) is 40.1 Å². The van der Waals surface area contributed by atoms with Crippen molar-refractivity contribution in [3.8, 4) is 20.9 Å². The van der Waals surface area contributed by atoms with Gasteiger partial charge in [0.05, 0.1) is 42.4 Å². The second-order valence-electron chi connectivity index (χ2n) is 18.3. The number of urea groups is 2. The van der Waals surface area contributed by atoms with E-state index in [1.807, 2.05) is 13.8 Å². The van der Waals surface area contributed by atoms with Crippen LogP contribution in [0.15, 0.2) is 91.3 Å².